The SMILES string of the molecule is CCS(=O)(=O)c1cc(-c2ccc(-n3cccn3)cc2)cnc1-c1nc2cc(C(F)(F)F)ncc2n1C. The molecule has 0 atom stereocenters. The van der Waals surface area contributed by atoms with Gasteiger partial charge in [-0.05, 0) is 35.9 Å². The number of pyridine rings is 2. The van der Waals surface area contributed by atoms with Crippen molar-refractivity contribution in [2.75, 3.05) is 5.75 Å². The van der Waals surface area contributed by atoms with Crippen LogP contribution in [-0.2, 0) is 23.1 Å². The topological polar surface area (TPSA) is 95.6 Å². The molecular weight excluding hydrogens is 493 g/mol. The van der Waals surface area contributed by atoms with Gasteiger partial charge in [-0.3, -0.25) is 4.98 Å². The molecule has 0 unspecified atom stereocenters. The van der Waals surface area contributed by atoms with E-state index in [0.717, 1.165) is 23.5 Å². The third-order valence-electron chi connectivity index (χ3n) is 5.81. The molecule has 4 heterocycles. The summed E-state index contributed by atoms with van der Waals surface area (Å²) in [6, 6.07) is 11.5. The summed E-state index contributed by atoms with van der Waals surface area (Å²) >= 11 is 0. The van der Waals surface area contributed by atoms with Crippen molar-refractivity contribution >= 4 is 20.9 Å². The minimum Gasteiger partial charge on any atom is -0.324 e. The molecule has 36 heavy (non-hydrogen) atoms. The van der Waals surface area contributed by atoms with Gasteiger partial charge in [0.1, 0.15) is 11.4 Å². The quantitative estimate of drug-likeness (QED) is 0.339. The lowest BCUT2D eigenvalue weighted by molar-refractivity contribution is -0.141. The van der Waals surface area contributed by atoms with E-state index in [1.807, 2.05) is 24.3 Å². The molecule has 0 aliphatic rings. The summed E-state index contributed by atoms with van der Waals surface area (Å²) < 4.78 is 68.7. The Morgan fingerprint density at radius 2 is 1.75 bits per heavy atom. The standard InChI is InChI=1S/C24H19F3N6O2S/c1-3-36(34,35)20-11-16(15-5-7-17(8-6-15)33-10-4-9-30-33)13-29-22(20)23-31-18-12-21(24(25,26)27)28-14-19(18)32(23)2/h4-14H,3H2,1-2H3. The summed E-state index contributed by atoms with van der Waals surface area (Å²) in [5.74, 6) is -0.0636. The Hall–Kier alpha value is -4.06. The van der Waals surface area contributed by atoms with E-state index in [2.05, 4.69) is 20.1 Å². The van der Waals surface area contributed by atoms with Gasteiger partial charge in [-0.15, -0.1) is 0 Å². The number of halogens is 3. The van der Waals surface area contributed by atoms with E-state index in [-0.39, 0.29) is 27.7 Å². The molecule has 0 amide bonds. The van der Waals surface area contributed by atoms with E-state index < -0.39 is 21.7 Å². The van der Waals surface area contributed by atoms with Crippen molar-refractivity contribution in [3.8, 4) is 28.3 Å². The van der Waals surface area contributed by atoms with Crippen LogP contribution in [-0.4, -0.2) is 43.5 Å². The number of alkyl halides is 3. The number of hydrogen-bond donors (Lipinski definition) is 0. The maximum atomic E-state index is 13.1. The highest BCUT2D eigenvalue weighted by molar-refractivity contribution is 7.91. The molecule has 12 heteroatoms. The van der Waals surface area contributed by atoms with Crippen molar-refractivity contribution in [3.05, 3.63) is 72.9 Å². The molecule has 1 aromatic carbocycles. The van der Waals surface area contributed by atoms with Gasteiger partial charge < -0.3 is 4.57 Å². The molecule has 0 N–H and O–H groups in total. The van der Waals surface area contributed by atoms with Gasteiger partial charge in [-0.2, -0.15) is 18.3 Å². The highest BCUT2D eigenvalue weighted by atomic mass is 32.2. The van der Waals surface area contributed by atoms with Crippen LogP contribution in [0.4, 0.5) is 13.2 Å². The Bertz CT molecular complexity index is 1680. The fourth-order valence-electron chi connectivity index (χ4n) is 3.85. The number of benzene rings is 1. The van der Waals surface area contributed by atoms with Crippen LogP contribution < -0.4 is 0 Å². The van der Waals surface area contributed by atoms with Gasteiger partial charge in [-0.1, -0.05) is 19.1 Å². The van der Waals surface area contributed by atoms with Crippen LogP contribution in [0.25, 0.3) is 39.4 Å². The number of rotatable bonds is 5. The molecule has 0 radical (unpaired) electrons. The van der Waals surface area contributed by atoms with Crippen LogP contribution in [0.3, 0.4) is 0 Å². The molecule has 0 saturated heterocycles. The fourth-order valence-corrected chi connectivity index (χ4v) is 4.90. The molecule has 4 aromatic heterocycles. The predicted octanol–water partition coefficient (Wildman–Crippen LogP) is 4.70. The summed E-state index contributed by atoms with van der Waals surface area (Å²) in [4.78, 5) is 12.1. The van der Waals surface area contributed by atoms with Crippen molar-refractivity contribution in [3.63, 3.8) is 0 Å². The number of hydrogen-bond acceptors (Lipinski definition) is 6. The summed E-state index contributed by atoms with van der Waals surface area (Å²) in [6.07, 6.45) is 1.43. The van der Waals surface area contributed by atoms with Crippen molar-refractivity contribution in [2.24, 2.45) is 7.05 Å². The normalized spacial score (nSPS) is 12.4. The van der Waals surface area contributed by atoms with Crippen LogP contribution in [0, 0.1) is 0 Å². The zero-order valence-corrected chi connectivity index (χ0v) is 19.9. The Balaban J connectivity index is 1.63. The first-order valence-corrected chi connectivity index (χ1v) is 12.5. The molecule has 0 saturated carbocycles. The second-order valence-electron chi connectivity index (χ2n) is 8.02. The predicted molar refractivity (Wildman–Crippen MR) is 127 cm³/mol. The minimum absolute atomic E-state index is 0.0368. The van der Waals surface area contributed by atoms with E-state index in [1.165, 1.54) is 23.8 Å². The molecule has 0 spiro atoms. The lowest BCUT2D eigenvalue weighted by Crippen LogP contribution is -2.09. The number of aromatic nitrogens is 6. The Morgan fingerprint density at radius 1 is 1.00 bits per heavy atom. The molecule has 5 aromatic rings. The molecule has 184 valence electrons. The lowest BCUT2D eigenvalue weighted by atomic mass is 10.1. The summed E-state index contributed by atoms with van der Waals surface area (Å²) in [7, 11) is -2.19. The van der Waals surface area contributed by atoms with E-state index in [0.29, 0.717) is 11.1 Å². The number of fused-ring (bicyclic) bond motifs is 1. The average Bonchev–Trinajstić information content (AvgIpc) is 3.52. The van der Waals surface area contributed by atoms with E-state index >= 15 is 0 Å². The molecule has 0 bridgehead atoms. The van der Waals surface area contributed by atoms with Crippen LogP contribution in [0.15, 0.2) is 72.1 Å². The highest BCUT2D eigenvalue weighted by Crippen LogP contribution is 2.34. The smallest absolute Gasteiger partial charge is 0.324 e. The van der Waals surface area contributed by atoms with Gasteiger partial charge in [0.15, 0.2) is 15.7 Å². The van der Waals surface area contributed by atoms with Crippen LogP contribution in [0.2, 0.25) is 0 Å². The average molecular weight is 513 g/mol. The zero-order chi connectivity index (χ0) is 25.7. The number of sulfone groups is 1. The number of imidazole rings is 1. The third-order valence-corrected chi connectivity index (χ3v) is 7.55. The van der Waals surface area contributed by atoms with Crippen LogP contribution in [0.1, 0.15) is 12.6 Å². The summed E-state index contributed by atoms with van der Waals surface area (Å²) in [6.45, 7) is 1.51. The maximum absolute atomic E-state index is 13.1. The lowest BCUT2D eigenvalue weighted by Gasteiger charge is -2.12. The summed E-state index contributed by atoms with van der Waals surface area (Å²) in [5.41, 5.74) is 1.47. The Labute approximate surface area is 204 Å². The number of aryl methyl sites for hydroxylation is 1. The Kier molecular flexibility index (Phi) is 5.62. The van der Waals surface area contributed by atoms with Gasteiger partial charge in [-0.25, -0.2) is 23.1 Å². The fraction of sp³-hybridized carbons (Fsp3) is 0.167. The first-order valence-electron chi connectivity index (χ1n) is 10.8. The molecular formula is C24H19F3N6O2S. The van der Waals surface area contributed by atoms with Crippen molar-refractivity contribution in [1.82, 2.24) is 29.3 Å². The molecule has 5 rings (SSSR count). The first kappa shape index (κ1) is 23.7. The molecule has 0 aliphatic heterocycles. The third kappa shape index (κ3) is 4.13. The van der Waals surface area contributed by atoms with E-state index in [4.69, 9.17) is 0 Å². The second kappa shape index (κ2) is 8.55. The summed E-state index contributed by atoms with van der Waals surface area (Å²) in [5, 5.41) is 4.19. The van der Waals surface area contributed by atoms with Gasteiger partial charge in [0.2, 0.25) is 0 Å². The molecule has 8 nitrogen and oxygen atoms in total. The van der Waals surface area contributed by atoms with Gasteiger partial charge in [0.25, 0.3) is 0 Å². The van der Waals surface area contributed by atoms with Crippen molar-refractivity contribution < 1.29 is 21.6 Å². The maximum Gasteiger partial charge on any atom is 0.433 e. The number of nitrogens with zero attached hydrogens (tertiary/aromatic N) is 6. The van der Waals surface area contributed by atoms with Gasteiger partial charge in [0, 0.05) is 31.2 Å². The Morgan fingerprint density at radius 3 is 2.39 bits per heavy atom. The van der Waals surface area contributed by atoms with Crippen molar-refractivity contribution in [1.29, 1.82) is 0 Å². The van der Waals surface area contributed by atoms with Gasteiger partial charge >= 0.3 is 6.18 Å². The molecule has 0 fully saturated rings. The van der Waals surface area contributed by atoms with E-state index in [1.54, 1.807) is 30.2 Å². The highest BCUT2D eigenvalue weighted by Gasteiger charge is 2.33. The minimum atomic E-state index is -4.63. The second-order valence-corrected chi connectivity index (χ2v) is 10.3. The van der Waals surface area contributed by atoms with E-state index in [9.17, 15) is 21.6 Å². The van der Waals surface area contributed by atoms with Gasteiger partial charge in [0.05, 0.1) is 33.6 Å². The van der Waals surface area contributed by atoms with Crippen molar-refractivity contribution in [2.45, 2.75) is 18.0 Å². The zero-order valence-electron chi connectivity index (χ0n) is 19.1. The monoisotopic (exact) mass is 512 g/mol. The largest absolute Gasteiger partial charge is 0.433 e. The molecule has 0 aliphatic carbocycles. The first-order chi connectivity index (χ1) is 17.1. The van der Waals surface area contributed by atoms with Crippen LogP contribution >= 0.6 is 0 Å². The van der Waals surface area contributed by atoms with Crippen LogP contribution in [0.5, 0.6) is 0 Å².